The third-order valence-electron chi connectivity index (χ3n) is 3.52. The van der Waals surface area contributed by atoms with Crippen molar-refractivity contribution in [1.82, 2.24) is 4.98 Å². The molecule has 0 saturated carbocycles. The first-order chi connectivity index (χ1) is 12.1. The van der Waals surface area contributed by atoms with E-state index in [0.717, 1.165) is 5.56 Å². The van der Waals surface area contributed by atoms with Gasteiger partial charge in [0, 0.05) is 16.3 Å². The molecule has 0 radical (unpaired) electrons. The highest BCUT2D eigenvalue weighted by Gasteiger charge is 2.09. The number of nitrogens with one attached hydrogen (secondary N) is 2. The van der Waals surface area contributed by atoms with Gasteiger partial charge in [-0.1, -0.05) is 60.1 Å². The number of halogens is 1. The number of H-pyrrole nitrogens is 1. The maximum Gasteiger partial charge on any atom is 0.412 e. The molecule has 3 aromatic rings. The second-order valence-electron chi connectivity index (χ2n) is 5.28. The van der Waals surface area contributed by atoms with Gasteiger partial charge in [-0.05, 0) is 23.8 Å². The van der Waals surface area contributed by atoms with Crippen molar-refractivity contribution in [3.8, 4) is 11.3 Å². The first-order valence-corrected chi connectivity index (χ1v) is 7.97. The monoisotopic (exact) mass is 354 g/mol. The second-order valence-corrected chi connectivity index (χ2v) is 5.69. The molecule has 0 atom stereocenters. The average molecular weight is 355 g/mol. The van der Waals surface area contributed by atoms with Crippen molar-refractivity contribution in [2.45, 2.75) is 6.61 Å². The quantitative estimate of drug-likeness (QED) is 0.727. The first-order valence-electron chi connectivity index (χ1n) is 7.59. The zero-order valence-electron chi connectivity index (χ0n) is 13.2. The molecule has 25 heavy (non-hydrogen) atoms. The number of pyridine rings is 1. The molecule has 3 rings (SSSR count). The SMILES string of the molecule is O=C(Nc1ccc(-c2ccccc2Cl)[nH]c1=O)OCc1ccccc1. The molecule has 1 aromatic heterocycles. The van der Waals surface area contributed by atoms with Crippen LogP contribution in [0.25, 0.3) is 11.3 Å². The van der Waals surface area contributed by atoms with Crippen LogP contribution in [0.15, 0.2) is 71.5 Å². The number of amides is 1. The lowest BCUT2D eigenvalue weighted by Gasteiger charge is -2.08. The molecule has 0 unspecified atom stereocenters. The Hall–Kier alpha value is -3.05. The fourth-order valence-corrected chi connectivity index (χ4v) is 2.52. The Morgan fingerprint density at radius 2 is 1.72 bits per heavy atom. The number of hydrogen-bond donors (Lipinski definition) is 2. The molecule has 0 aliphatic rings. The molecule has 0 spiro atoms. The summed E-state index contributed by atoms with van der Waals surface area (Å²) < 4.78 is 5.10. The van der Waals surface area contributed by atoms with Gasteiger partial charge in [0.2, 0.25) is 0 Å². The van der Waals surface area contributed by atoms with Gasteiger partial charge in [0.15, 0.2) is 0 Å². The molecular weight excluding hydrogens is 340 g/mol. The number of ether oxygens (including phenoxy) is 1. The lowest BCUT2D eigenvalue weighted by Crippen LogP contribution is -2.20. The zero-order chi connectivity index (χ0) is 17.6. The number of carbonyl (C=O) groups excluding carboxylic acids is 1. The van der Waals surface area contributed by atoms with Crippen molar-refractivity contribution < 1.29 is 9.53 Å². The summed E-state index contributed by atoms with van der Waals surface area (Å²) in [6, 6.07) is 19.6. The summed E-state index contributed by atoms with van der Waals surface area (Å²) in [6.07, 6.45) is -0.695. The van der Waals surface area contributed by atoms with Crippen LogP contribution in [0, 0.1) is 0 Å². The van der Waals surface area contributed by atoms with Crippen LogP contribution in [0.3, 0.4) is 0 Å². The number of carbonyl (C=O) groups is 1. The second kappa shape index (κ2) is 7.68. The maximum absolute atomic E-state index is 12.2. The molecule has 2 aromatic carbocycles. The lowest BCUT2D eigenvalue weighted by atomic mass is 10.1. The summed E-state index contributed by atoms with van der Waals surface area (Å²) in [5.41, 5.74) is 1.81. The molecule has 1 amide bonds. The van der Waals surface area contributed by atoms with E-state index in [-0.39, 0.29) is 12.3 Å². The number of anilines is 1. The van der Waals surface area contributed by atoms with Crippen LogP contribution in [0.2, 0.25) is 5.02 Å². The predicted octanol–water partition coefficient (Wildman–Crippen LogP) is 4.44. The van der Waals surface area contributed by atoms with Gasteiger partial charge in [0.25, 0.3) is 5.56 Å². The molecule has 0 bridgehead atoms. The summed E-state index contributed by atoms with van der Waals surface area (Å²) in [5.74, 6) is 0. The summed E-state index contributed by atoms with van der Waals surface area (Å²) in [5, 5.41) is 2.96. The Labute approximate surface area is 149 Å². The topological polar surface area (TPSA) is 71.2 Å². The summed E-state index contributed by atoms with van der Waals surface area (Å²) in [6.45, 7) is 0.127. The molecule has 2 N–H and O–H groups in total. The van der Waals surface area contributed by atoms with Crippen molar-refractivity contribution in [3.63, 3.8) is 0 Å². The summed E-state index contributed by atoms with van der Waals surface area (Å²) in [7, 11) is 0. The van der Waals surface area contributed by atoms with Crippen LogP contribution in [0.4, 0.5) is 10.5 Å². The van der Waals surface area contributed by atoms with E-state index >= 15 is 0 Å². The fraction of sp³-hybridized carbons (Fsp3) is 0.0526. The van der Waals surface area contributed by atoms with Gasteiger partial charge >= 0.3 is 6.09 Å². The zero-order valence-corrected chi connectivity index (χ0v) is 13.9. The molecule has 0 aliphatic carbocycles. The van der Waals surface area contributed by atoms with E-state index in [2.05, 4.69) is 10.3 Å². The van der Waals surface area contributed by atoms with Crippen LogP contribution in [-0.4, -0.2) is 11.1 Å². The van der Waals surface area contributed by atoms with E-state index in [1.807, 2.05) is 42.5 Å². The van der Waals surface area contributed by atoms with Gasteiger partial charge < -0.3 is 9.72 Å². The highest BCUT2D eigenvalue weighted by atomic mass is 35.5. The summed E-state index contributed by atoms with van der Waals surface area (Å²) in [4.78, 5) is 26.7. The molecule has 6 heteroatoms. The molecule has 0 aliphatic heterocycles. The van der Waals surface area contributed by atoms with Crippen molar-refractivity contribution in [3.05, 3.63) is 87.7 Å². The molecule has 0 saturated heterocycles. The lowest BCUT2D eigenvalue weighted by molar-refractivity contribution is 0.155. The van der Waals surface area contributed by atoms with Crippen LogP contribution < -0.4 is 10.9 Å². The minimum Gasteiger partial charge on any atom is -0.444 e. The van der Waals surface area contributed by atoms with Gasteiger partial charge in [-0.2, -0.15) is 0 Å². The number of benzene rings is 2. The van der Waals surface area contributed by atoms with Gasteiger partial charge in [-0.3, -0.25) is 10.1 Å². The van der Waals surface area contributed by atoms with E-state index in [4.69, 9.17) is 16.3 Å². The minimum absolute atomic E-state index is 0.105. The Morgan fingerprint density at radius 3 is 2.44 bits per heavy atom. The first kappa shape index (κ1) is 16.8. The predicted molar refractivity (Wildman–Crippen MR) is 97.8 cm³/mol. The average Bonchev–Trinajstić information content (AvgIpc) is 2.63. The van der Waals surface area contributed by atoms with Crippen LogP contribution in [-0.2, 0) is 11.3 Å². The van der Waals surface area contributed by atoms with Crippen molar-refractivity contribution in [2.75, 3.05) is 5.32 Å². The Bertz CT molecular complexity index is 939. The Morgan fingerprint density at radius 1 is 1.00 bits per heavy atom. The third kappa shape index (κ3) is 4.28. The van der Waals surface area contributed by atoms with E-state index in [9.17, 15) is 9.59 Å². The van der Waals surface area contributed by atoms with E-state index in [0.29, 0.717) is 16.3 Å². The maximum atomic E-state index is 12.2. The molecule has 126 valence electrons. The molecule has 5 nitrogen and oxygen atoms in total. The van der Waals surface area contributed by atoms with Gasteiger partial charge in [0.1, 0.15) is 12.3 Å². The highest BCUT2D eigenvalue weighted by molar-refractivity contribution is 6.33. The number of aromatic amines is 1. The molecule has 1 heterocycles. The van der Waals surface area contributed by atoms with Gasteiger partial charge in [-0.15, -0.1) is 0 Å². The van der Waals surface area contributed by atoms with E-state index < -0.39 is 11.7 Å². The smallest absolute Gasteiger partial charge is 0.412 e. The van der Waals surface area contributed by atoms with Gasteiger partial charge in [-0.25, -0.2) is 4.79 Å². The Balaban J connectivity index is 1.68. The van der Waals surface area contributed by atoms with E-state index in [1.54, 1.807) is 18.2 Å². The van der Waals surface area contributed by atoms with Crippen LogP contribution >= 0.6 is 11.6 Å². The standard InChI is InChI=1S/C19H15ClN2O3/c20-15-9-5-4-8-14(15)16-10-11-17(18(23)21-16)22-19(24)25-12-13-6-2-1-3-7-13/h1-11H,12H2,(H,21,23)(H,22,24). The van der Waals surface area contributed by atoms with Crippen LogP contribution in [0.1, 0.15) is 5.56 Å². The van der Waals surface area contributed by atoms with Crippen molar-refractivity contribution in [2.24, 2.45) is 0 Å². The molecular formula is C19H15ClN2O3. The number of hydrogen-bond acceptors (Lipinski definition) is 3. The number of rotatable bonds is 4. The van der Waals surface area contributed by atoms with Crippen molar-refractivity contribution in [1.29, 1.82) is 0 Å². The highest BCUT2D eigenvalue weighted by Crippen LogP contribution is 2.25. The van der Waals surface area contributed by atoms with Crippen LogP contribution in [0.5, 0.6) is 0 Å². The molecule has 0 fully saturated rings. The van der Waals surface area contributed by atoms with Crippen molar-refractivity contribution >= 4 is 23.4 Å². The number of aromatic nitrogens is 1. The van der Waals surface area contributed by atoms with E-state index in [1.165, 1.54) is 6.07 Å². The third-order valence-corrected chi connectivity index (χ3v) is 3.85. The largest absolute Gasteiger partial charge is 0.444 e. The summed E-state index contributed by atoms with van der Waals surface area (Å²) >= 11 is 6.12. The van der Waals surface area contributed by atoms with Gasteiger partial charge in [0.05, 0.1) is 0 Å². The Kier molecular flexibility index (Phi) is 5.16. The normalized spacial score (nSPS) is 10.3. The fourth-order valence-electron chi connectivity index (χ4n) is 2.28. The minimum atomic E-state index is -0.695.